The van der Waals surface area contributed by atoms with E-state index in [-0.39, 0.29) is 35.6 Å². The van der Waals surface area contributed by atoms with E-state index in [1.807, 2.05) is 10.8 Å². The van der Waals surface area contributed by atoms with Crippen molar-refractivity contribution in [3.63, 3.8) is 0 Å². The van der Waals surface area contributed by atoms with Gasteiger partial charge in [-0.2, -0.15) is 0 Å². The number of aryl methyl sites for hydroxylation is 1. The second-order valence-corrected chi connectivity index (χ2v) is 8.23. The molecule has 3 heterocycles. The molecule has 2 aromatic rings. The topological polar surface area (TPSA) is 102 Å². The Bertz CT molecular complexity index is 837. The van der Waals surface area contributed by atoms with E-state index in [1.54, 1.807) is 6.20 Å². The fraction of sp³-hybridized carbons (Fsp3) is 0.562. The van der Waals surface area contributed by atoms with Crippen molar-refractivity contribution in [3.8, 4) is 0 Å². The average Bonchev–Trinajstić information content (AvgIpc) is 3.07. The molecule has 11 heteroatoms. The van der Waals surface area contributed by atoms with Crippen molar-refractivity contribution in [1.29, 1.82) is 0 Å². The summed E-state index contributed by atoms with van der Waals surface area (Å²) in [5.41, 5.74) is 0.603. The van der Waals surface area contributed by atoms with Crippen LogP contribution < -0.4 is 10.6 Å². The van der Waals surface area contributed by atoms with Crippen molar-refractivity contribution in [2.45, 2.75) is 43.7 Å². The summed E-state index contributed by atoms with van der Waals surface area (Å²) in [6, 6.07) is 0. The summed E-state index contributed by atoms with van der Waals surface area (Å²) in [6.07, 6.45) is 8.23. The summed E-state index contributed by atoms with van der Waals surface area (Å²) < 4.78 is 26.2. The van der Waals surface area contributed by atoms with Crippen molar-refractivity contribution in [3.05, 3.63) is 30.1 Å². The first-order chi connectivity index (χ1) is 12.0. The SMILES string of the molecule is CCn1ccnc1CNc1ncc(S(C)(=O)=O)c(C2CCCNC2)n1.Cl.Cl. The van der Waals surface area contributed by atoms with Gasteiger partial charge < -0.3 is 15.2 Å². The monoisotopic (exact) mass is 436 g/mol. The third-order valence-corrected chi connectivity index (χ3v) is 5.53. The van der Waals surface area contributed by atoms with Crippen molar-refractivity contribution in [2.24, 2.45) is 0 Å². The van der Waals surface area contributed by atoms with E-state index in [2.05, 4.69) is 32.5 Å². The van der Waals surface area contributed by atoms with E-state index in [0.717, 1.165) is 38.3 Å². The summed E-state index contributed by atoms with van der Waals surface area (Å²) in [5, 5.41) is 6.47. The number of hydrogen-bond acceptors (Lipinski definition) is 7. The van der Waals surface area contributed by atoms with Crippen LogP contribution in [-0.4, -0.2) is 47.3 Å². The zero-order chi connectivity index (χ0) is 17.9. The molecule has 1 unspecified atom stereocenters. The second kappa shape index (κ2) is 10.2. The van der Waals surface area contributed by atoms with Crippen LogP contribution in [0.15, 0.2) is 23.5 Å². The summed E-state index contributed by atoms with van der Waals surface area (Å²) in [6.45, 7) is 5.07. The number of hydrogen-bond donors (Lipinski definition) is 2. The predicted molar refractivity (Wildman–Crippen MR) is 110 cm³/mol. The minimum atomic E-state index is -3.37. The number of imidazole rings is 1. The highest BCUT2D eigenvalue weighted by atomic mass is 35.5. The number of sulfone groups is 1. The third kappa shape index (κ3) is 5.78. The number of nitrogens with one attached hydrogen (secondary N) is 2. The van der Waals surface area contributed by atoms with Crippen LogP contribution in [-0.2, 0) is 22.9 Å². The Morgan fingerprint density at radius 2 is 2.11 bits per heavy atom. The number of aromatic nitrogens is 4. The molecule has 1 atom stereocenters. The zero-order valence-corrected chi connectivity index (χ0v) is 17.8. The van der Waals surface area contributed by atoms with Crippen molar-refractivity contribution >= 4 is 40.6 Å². The smallest absolute Gasteiger partial charge is 0.223 e. The second-order valence-electron chi connectivity index (χ2n) is 6.24. The Balaban J connectivity index is 0.00000182. The van der Waals surface area contributed by atoms with Gasteiger partial charge in [0, 0.05) is 37.7 Å². The van der Waals surface area contributed by atoms with Gasteiger partial charge in [-0.1, -0.05) is 0 Å². The quantitative estimate of drug-likeness (QED) is 0.713. The molecule has 0 amide bonds. The Hall–Kier alpha value is -1.42. The number of piperidine rings is 1. The van der Waals surface area contributed by atoms with Gasteiger partial charge in [-0.05, 0) is 26.3 Å². The molecule has 0 radical (unpaired) electrons. The highest BCUT2D eigenvalue weighted by Gasteiger charge is 2.25. The molecule has 1 aliphatic rings. The molecule has 0 aromatic carbocycles. The van der Waals surface area contributed by atoms with Gasteiger partial charge in [0.1, 0.15) is 10.7 Å². The van der Waals surface area contributed by atoms with Crippen LogP contribution in [0.2, 0.25) is 0 Å². The highest BCUT2D eigenvalue weighted by Crippen LogP contribution is 2.27. The van der Waals surface area contributed by atoms with Gasteiger partial charge in [0.25, 0.3) is 0 Å². The third-order valence-electron chi connectivity index (χ3n) is 4.41. The number of nitrogens with zero attached hydrogens (tertiary/aromatic N) is 4. The maximum absolute atomic E-state index is 12.1. The first-order valence-corrected chi connectivity index (χ1v) is 10.4. The van der Waals surface area contributed by atoms with Gasteiger partial charge >= 0.3 is 0 Å². The molecule has 152 valence electrons. The van der Waals surface area contributed by atoms with E-state index >= 15 is 0 Å². The molecular weight excluding hydrogens is 411 g/mol. The van der Waals surface area contributed by atoms with Gasteiger partial charge in [-0.3, -0.25) is 0 Å². The Labute approximate surface area is 172 Å². The highest BCUT2D eigenvalue weighted by molar-refractivity contribution is 7.90. The van der Waals surface area contributed by atoms with Crippen molar-refractivity contribution in [2.75, 3.05) is 24.7 Å². The molecular formula is C16H26Cl2N6O2S. The lowest BCUT2D eigenvalue weighted by Gasteiger charge is -2.24. The first-order valence-electron chi connectivity index (χ1n) is 8.50. The Morgan fingerprint density at radius 1 is 1.33 bits per heavy atom. The number of anilines is 1. The minimum Gasteiger partial charge on any atom is -0.347 e. The largest absolute Gasteiger partial charge is 0.347 e. The fourth-order valence-corrected chi connectivity index (χ4v) is 3.92. The molecule has 27 heavy (non-hydrogen) atoms. The first kappa shape index (κ1) is 23.6. The van der Waals surface area contributed by atoms with E-state index in [0.29, 0.717) is 18.2 Å². The van der Waals surface area contributed by atoms with Crippen LogP contribution in [0.4, 0.5) is 5.95 Å². The number of halogens is 2. The molecule has 1 fully saturated rings. The van der Waals surface area contributed by atoms with Crippen LogP contribution in [0.3, 0.4) is 0 Å². The molecule has 0 saturated carbocycles. The molecule has 1 saturated heterocycles. The van der Waals surface area contributed by atoms with Crippen LogP contribution in [0.25, 0.3) is 0 Å². The van der Waals surface area contributed by atoms with Gasteiger partial charge in [0.15, 0.2) is 9.84 Å². The lowest BCUT2D eigenvalue weighted by atomic mass is 9.96. The molecule has 3 rings (SSSR count). The van der Waals surface area contributed by atoms with Crippen LogP contribution in [0.5, 0.6) is 0 Å². The lowest BCUT2D eigenvalue weighted by molar-refractivity contribution is 0.448. The van der Waals surface area contributed by atoms with Gasteiger partial charge in [0.2, 0.25) is 5.95 Å². The van der Waals surface area contributed by atoms with Crippen molar-refractivity contribution < 1.29 is 8.42 Å². The average molecular weight is 437 g/mol. The maximum Gasteiger partial charge on any atom is 0.223 e. The predicted octanol–water partition coefficient (Wildman–Crippen LogP) is 2.02. The van der Waals surface area contributed by atoms with Gasteiger partial charge in [-0.25, -0.2) is 23.4 Å². The Kier molecular flexibility index (Phi) is 8.93. The van der Waals surface area contributed by atoms with E-state index in [1.165, 1.54) is 12.5 Å². The van der Waals surface area contributed by atoms with Crippen LogP contribution in [0.1, 0.15) is 37.2 Å². The summed E-state index contributed by atoms with van der Waals surface area (Å²) in [4.78, 5) is 13.3. The van der Waals surface area contributed by atoms with Gasteiger partial charge in [0.05, 0.1) is 18.4 Å². The minimum absolute atomic E-state index is 0. The maximum atomic E-state index is 12.1. The number of rotatable bonds is 6. The summed E-state index contributed by atoms with van der Waals surface area (Å²) in [5.74, 6) is 1.40. The molecule has 0 spiro atoms. The molecule has 8 nitrogen and oxygen atoms in total. The standard InChI is InChI=1S/C16H24N6O2S.2ClH/c1-3-22-8-7-18-14(22)11-20-16-19-10-13(25(2,23)24)15(21-16)12-5-4-6-17-9-12;;/h7-8,10,12,17H,3-6,9,11H2,1-2H3,(H,19,20,21);2*1H. The lowest BCUT2D eigenvalue weighted by Crippen LogP contribution is -2.30. The van der Waals surface area contributed by atoms with Crippen molar-refractivity contribution in [1.82, 2.24) is 24.8 Å². The van der Waals surface area contributed by atoms with Crippen LogP contribution >= 0.6 is 24.8 Å². The summed E-state index contributed by atoms with van der Waals surface area (Å²) in [7, 11) is -3.37. The fourth-order valence-electron chi connectivity index (χ4n) is 3.09. The Morgan fingerprint density at radius 3 is 2.74 bits per heavy atom. The van der Waals surface area contributed by atoms with Gasteiger partial charge in [-0.15, -0.1) is 24.8 Å². The van der Waals surface area contributed by atoms with E-state index in [9.17, 15) is 8.42 Å². The normalized spacial score (nSPS) is 16.9. The molecule has 0 aliphatic carbocycles. The molecule has 0 bridgehead atoms. The zero-order valence-electron chi connectivity index (χ0n) is 15.4. The molecule has 1 aliphatic heterocycles. The molecule has 2 aromatic heterocycles. The summed E-state index contributed by atoms with van der Waals surface area (Å²) >= 11 is 0. The van der Waals surface area contributed by atoms with Crippen LogP contribution in [0, 0.1) is 0 Å². The van der Waals surface area contributed by atoms with E-state index < -0.39 is 9.84 Å². The molecule has 2 N–H and O–H groups in total. The van der Waals surface area contributed by atoms with E-state index in [4.69, 9.17) is 0 Å².